The second kappa shape index (κ2) is 17.1. The molecule has 0 aliphatic rings. The van der Waals surface area contributed by atoms with Crippen molar-refractivity contribution >= 4 is 21.8 Å². The molecule has 0 aliphatic carbocycles. The number of benzene rings is 8. The fourth-order valence-electron chi connectivity index (χ4n) is 8.99. The largest absolute Gasteiger partial charge is 0.416 e. The third-order valence-corrected chi connectivity index (χ3v) is 12.2. The monoisotopic (exact) mass is 886 g/mol. The molecule has 0 bridgehead atoms. The van der Waals surface area contributed by atoms with Crippen molar-refractivity contribution in [2.24, 2.45) is 0 Å². The number of halogens is 3. The van der Waals surface area contributed by atoms with Gasteiger partial charge in [-0.15, -0.1) is 0 Å². The van der Waals surface area contributed by atoms with Gasteiger partial charge in [-0.2, -0.15) is 18.4 Å². The van der Waals surface area contributed by atoms with Crippen molar-refractivity contribution in [1.29, 1.82) is 5.26 Å². The Balaban J connectivity index is 1.28. The number of para-hydroxylation sites is 1. The Kier molecular flexibility index (Phi) is 10.5. The molecule has 11 rings (SSSR count). The van der Waals surface area contributed by atoms with Gasteiger partial charge in [-0.3, -0.25) is 0 Å². The van der Waals surface area contributed by atoms with Crippen LogP contribution in [0.15, 0.2) is 206 Å². The minimum absolute atomic E-state index is 0.378. The molecule has 3 heterocycles. The standard InChI is InChI=1S/C59H37F3N6/c1-37-30-44(59(60,61)62)27-29-45(37)43-26-28-47-46-24-14-15-25-54(46)68(55(47)33-43)56-48(52-34-50(39-16-6-2-7-17-39)64-57(66-52)41-20-10-4-11-21-41)31-38(36-63)32-49(56)53-35-51(40-18-8-3-9-19-40)65-58(67-53)42-22-12-5-13-23-42/h2-35H,1H3. The van der Waals surface area contributed by atoms with E-state index in [1.807, 2.05) is 176 Å². The lowest BCUT2D eigenvalue weighted by atomic mass is 9.95. The van der Waals surface area contributed by atoms with Gasteiger partial charge in [0.15, 0.2) is 11.6 Å². The molecule has 0 saturated carbocycles. The normalized spacial score (nSPS) is 11.5. The fourth-order valence-corrected chi connectivity index (χ4v) is 8.99. The van der Waals surface area contributed by atoms with E-state index in [1.165, 1.54) is 6.07 Å². The molecule has 68 heavy (non-hydrogen) atoms. The second-order valence-electron chi connectivity index (χ2n) is 16.5. The maximum absolute atomic E-state index is 13.9. The summed E-state index contributed by atoms with van der Waals surface area (Å²) in [6.07, 6.45) is -4.48. The van der Waals surface area contributed by atoms with E-state index in [9.17, 15) is 18.4 Å². The van der Waals surface area contributed by atoms with Gasteiger partial charge in [0, 0.05) is 44.2 Å². The molecule has 8 aromatic carbocycles. The Morgan fingerprint density at radius 1 is 0.426 bits per heavy atom. The number of aryl methyl sites for hydroxylation is 1. The number of aromatic nitrogens is 5. The van der Waals surface area contributed by atoms with Gasteiger partial charge in [0.2, 0.25) is 0 Å². The van der Waals surface area contributed by atoms with Crippen LogP contribution in [-0.2, 0) is 6.18 Å². The summed E-state index contributed by atoms with van der Waals surface area (Å²) in [5.41, 5.74) is 11.1. The van der Waals surface area contributed by atoms with Crippen LogP contribution in [0.1, 0.15) is 16.7 Å². The molecule has 0 saturated heterocycles. The minimum Gasteiger partial charge on any atom is -0.308 e. The molecule has 0 radical (unpaired) electrons. The van der Waals surface area contributed by atoms with Crippen LogP contribution in [0.5, 0.6) is 0 Å². The lowest BCUT2D eigenvalue weighted by Crippen LogP contribution is -2.06. The van der Waals surface area contributed by atoms with Gasteiger partial charge in [-0.05, 0) is 72.1 Å². The van der Waals surface area contributed by atoms with Gasteiger partial charge in [-0.25, -0.2) is 19.9 Å². The van der Waals surface area contributed by atoms with Crippen molar-refractivity contribution in [2.75, 3.05) is 0 Å². The van der Waals surface area contributed by atoms with Crippen LogP contribution < -0.4 is 0 Å². The van der Waals surface area contributed by atoms with Crippen molar-refractivity contribution in [2.45, 2.75) is 13.1 Å². The van der Waals surface area contributed by atoms with Crippen LogP contribution in [0, 0.1) is 18.3 Å². The summed E-state index contributed by atoms with van der Waals surface area (Å²) < 4.78 is 43.9. The Bertz CT molecular complexity index is 3470. The summed E-state index contributed by atoms with van der Waals surface area (Å²) >= 11 is 0. The maximum atomic E-state index is 13.9. The van der Waals surface area contributed by atoms with Crippen LogP contribution >= 0.6 is 0 Å². The summed E-state index contributed by atoms with van der Waals surface area (Å²) in [6.45, 7) is 1.70. The third kappa shape index (κ3) is 7.74. The Labute approximate surface area is 390 Å². The number of nitriles is 1. The van der Waals surface area contributed by atoms with Crippen LogP contribution in [0.25, 0.3) is 106 Å². The summed E-state index contributed by atoms with van der Waals surface area (Å²) in [4.78, 5) is 20.8. The van der Waals surface area contributed by atoms with Crippen molar-refractivity contribution < 1.29 is 13.2 Å². The van der Waals surface area contributed by atoms with Crippen molar-refractivity contribution in [1.82, 2.24) is 24.5 Å². The summed E-state index contributed by atoms with van der Waals surface area (Å²) in [5.74, 6) is 0.998. The van der Waals surface area contributed by atoms with Crippen molar-refractivity contribution in [3.05, 3.63) is 223 Å². The van der Waals surface area contributed by atoms with E-state index in [-0.39, 0.29) is 0 Å². The molecular weight excluding hydrogens is 850 g/mol. The number of hydrogen-bond donors (Lipinski definition) is 0. The van der Waals surface area contributed by atoms with Crippen LogP contribution in [0.2, 0.25) is 0 Å². The van der Waals surface area contributed by atoms with E-state index >= 15 is 0 Å². The van der Waals surface area contributed by atoms with Gasteiger partial charge in [-0.1, -0.05) is 158 Å². The number of nitrogens with zero attached hydrogens (tertiary/aromatic N) is 6. The lowest BCUT2D eigenvalue weighted by molar-refractivity contribution is -0.137. The highest BCUT2D eigenvalue weighted by atomic mass is 19.4. The molecule has 324 valence electrons. The van der Waals surface area contributed by atoms with E-state index in [1.54, 1.807) is 13.0 Å². The molecule has 0 aliphatic heterocycles. The van der Waals surface area contributed by atoms with Gasteiger partial charge in [0.25, 0.3) is 0 Å². The quantitative estimate of drug-likeness (QED) is 0.152. The van der Waals surface area contributed by atoms with Gasteiger partial charge >= 0.3 is 6.18 Å². The van der Waals surface area contributed by atoms with Crippen LogP contribution in [0.4, 0.5) is 13.2 Å². The summed E-state index contributed by atoms with van der Waals surface area (Å²) in [5, 5.41) is 12.8. The average molecular weight is 887 g/mol. The van der Waals surface area contributed by atoms with Gasteiger partial charge < -0.3 is 4.57 Å². The topological polar surface area (TPSA) is 80.3 Å². The molecule has 0 unspecified atom stereocenters. The van der Waals surface area contributed by atoms with Gasteiger partial charge in [0.1, 0.15) is 0 Å². The number of alkyl halides is 3. The average Bonchev–Trinajstić information content (AvgIpc) is 3.72. The van der Waals surface area contributed by atoms with Gasteiger partial charge in [0.05, 0.1) is 56.7 Å². The first kappa shape index (κ1) is 41.7. The van der Waals surface area contributed by atoms with E-state index in [0.717, 1.165) is 55.7 Å². The first-order valence-electron chi connectivity index (χ1n) is 22.0. The lowest BCUT2D eigenvalue weighted by Gasteiger charge is -2.21. The Morgan fingerprint density at radius 2 is 0.897 bits per heavy atom. The smallest absolute Gasteiger partial charge is 0.308 e. The Hall–Kier alpha value is -9.00. The first-order chi connectivity index (χ1) is 33.2. The zero-order valence-electron chi connectivity index (χ0n) is 36.4. The van der Waals surface area contributed by atoms with Crippen molar-refractivity contribution in [3.8, 4) is 90.7 Å². The highest BCUT2D eigenvalue weighted by Crippen LogP contribution is 2.44. The molecule has 3 aromatic heterocycles. The van der Waals surface area contributed by atoms with E-state index in [2.05, 4.69) is 22.8 Å². The number of hydrogen-bond acceptors (Lipinski definition) is 5. The summed E-state index contributed by atoms with van der Waals surface area (Å²) in [7, 11) is 0. The molecule has 0 atom stereocenters. The molecular formula is C59H37F3N6. The number of fused-ring (bicyclic) bond motifs is 3. The molecule has 0 N–H and O–H groups in total. The van der Waals surface area contributed by atoms with Crippen LogP contribution in [0.3, 0.4) is 0 Å². The van der Waals surface area contributed by atoms with Crippen molar-refractivity contribution in [3.63, 3.8) is 0 Å². The third-order valence-electron chi connectivity index (χ3n) is 12.2. The zero-order chi connectivity index (χ0) is 46.4. The molecule has 9 heteroatoms. The minimum atomic E-state index is -4.48. The first-order valence-corrected chi connectivity index (χ1v) is 22.0. The SMILES string of the molecule is Cc1cc(C(F)(F)F)ccc1-c1ccc2c3ccccc3n(-c3c(-c4cc(-c5ccccc5)nc(-c5ccccc5)n4)cc(C#N)cc3-c3cc(-c4ccccc4)nc(-c4ccccc4)n3)c2c1. The van der Waals surface area contributed by atoms with E-state index in [0.29, 0.717) is 67.9 Å². The predicted octanol–water partition coefficient (Wildman–Crippen LogP) is 15.2. The molecule has 0 spiro atoms. The summed E-state index contributed by atoms with van der Waals surface area (Å²) in [6, 6.07) is 67.5. The molecule has 0 fully saturated rings. The Morgan fingerprint density at radius 3 is 1.40 bits per heavy atom. The van der Waals surface area contributed by atoms with Crippen LogP contribution in [-0.4, -0.2) is 24.5 Å². The molecule has 11 aromatic rings. The number of rotatable bonds is 8. The van der Waals surface area contributed by atoms with E-state index < -0.39 is 11.7 Å². The molecule has 0 amide bonds. The molecule has 6 nitrogen and oxygen atoms in total. The zero-order valence-corrected chi connectivity index (χ0v) is 36.4. The maximum Gasteiger partial charge on any atom is 0.416 e. The van der Waals surface area contributed by atoms with E-state index in [4.69, 9.17) is 19.9 Å². The predicted molar refractivity (Wildman–Crippen MR) is 264 cm³/mol. The highest BCUT2D eigenvalue weighted by Gasteiger charge is 2.31. The fraction of sp³-hybridized carbons (Fsp3) is 0.0339. The second-order valence-corrected chi connectivity index (χ2v) is 16.5. The highest BCUT2D eigenvalue weighted by molar-refractivity contribution is 6.11.